The maximum absolute atomic E-state index is 12.5. The summed E-state index contributed by atoms with van der Waals surface area (Å²) in [6.45, 7) is 0.699. The zero-order valence-corrected chi connectivity index (χ0v) is 13.7. The van der Waals surface area contributed by atoms with Crippen LogP contribution < -0.4 is 15.4 Å². The Labute approximate surface area is 140 Å². The normalized spacial score (nSPS) is 23.8. The predicted molar refractivity (Wildman–Crippen MR) is 93.8 cm³/mol. The number of hydrogen-bond donors (Lipinski definition) is 2. The maximum atomic E-state index is 12.5. The highest BCUT2D eigenvalue weighted by molar-refractivity contribution is 7.99. The molecule has 2 atom stereocenters. The largest absolute Gasteiger partial charge is 0.493 e. The van der Waals surface area contributed by atoms with Gasteiger partial charge in [0, 0.05) is 22.6 Å². The minimum absolute atomic E-state index is 0.0250. The van der Waals surface area contributed by atoms with Crippen molar-refractivity contribution in [3.8, 4) is 5.75 Å². The Morgan fingerprint density at radius 2 is 2.17 bits per heavy atom. The molecule has 2 N–H and O–H groups in total. The number of rotatable bonds is 2. The summed E-state index contributed by atoms with van der Waals surface area (Å²) in [4.78, 5) is 12.5. The Bertz CT molecular complexity index is 728. The standard InChI is InChI=1S/C18H20N2O2S/c21-18(16-10-23-11-19-16)20-15-6-3-9-22-17-13-5-2-1-4-12(13)7-8-14(15)17/h1-2,4-5,7-8,15-16,19H,3,6,9-11H2,(H,20,21). The molecule has 2 unspecified atom stereocenters. The van der Waals surface area contributed by atoms with E-state index in [2.05, 4.69) is 34.9 Å². The number of benzene rings is 2. The lowest BCUT2D eigenvalue weighted by Crippen LogP contribution is -2.43. The molecular weight excluding hydrogens is 308 g/mol. The number of hydrogen-bond acceptors (Lipinski definition) is 4. The molecule has 0 aromatic heterocycles. The number of fused-ring (bicyclic) bond motifs is 3. The highest BCUT2D eigenvalue weighted by Gasteiger charge is 2.28. The van der Waals surface area contributed by atoms with Crippen LogP contribution in [0, 0.1) is 0 Å². The minimum atomic E-state index is -0.0759. The van der Waals surface area contributed by atoms with Crippen LogP contribution in [0.2, 0.25) is 0 Å². The quantitative estimate of drug-likeness (QED) is 0.890. The van der Waals surface area contributed by atoms with Gasteiger partial charge >= 0.3 is 0 Å². The van der Waals surface area contributed by atoms with Crippen LogP contribution >= 0.6 is 11.8 Å². The van der Waals surface area contributed by atoms with Gasteiger partial charge in [-0.25, -0.2) is 0 Å². The second kappa shape index (κ2) is 6.42. The average Bonchev–Trinajstić information content (AvgIpc) is 3.04. The van der Waals surface area contributed by atoms with Crippen molar-refractivity contribution < 1.29 is 9.53 Å². The number of amides is 1. The fraction of sp³-hybridized carbons (Fsp3) is 0.389. The maximum Gasteiger partial charge on any atom is 0.238 e. The Morgan fingerprint density at radius 1 is 1.26 bits per heavy atom. The van der Waals surface area contributed by atoms with Gasteiger partial charge < -0.3 is 10.1 Å². The van der Waals surface area contributed by atoms with Gasteiger partial charge in [0.05, 0.1) is 18.7 Å². The highest BCUT2D eigenvalue weighted by atomic mass is 32.2. The Hall–Kier alpha value is -1.72. The highest BCUT2D eigenvalue weighted by Crippen LogP contribution is 2.37. The number of nitrogens with one attached hydrogen (secondary N) is 2. The molecule has 2 heterocycles. The van der Waals surface area contributed by atoms with Gasteiger partial charge in [-0.1, -0.05) is 36.4 Å². The molecule has 4 rings (SSSR count). The summed E-state index contributed by atoms with van der Waals surface area (Å²) in [7, 11) is 0. The van der Waals surface area contributed by atoms with Gasteiger partial charge in [-0.3, -0.25) is 10.1 Å². The van der Waals surface area contributed by atoms with Crippen molar-refractivity contribution >= 4 is 28.4 Å². The minimum Gasteiger partial charge on any atom is -0.493 e. The van der Waals surface area contributed by atoms with Gasteiger partial charge in [0.25, 0.3) is 0 Å². The van der Waals surface area contributed by atoms with Gasteiger partial charge in [0.2, 0.25) is 5.91 Å². The van der Waals surface area contributed by atoms with Crippen molar-refractivity contribution in [2.75, 3.05) is 18.2 Å². The average molecular weight is 328 g/mol. The van der Waals surface area contributed by atoms with E-state index in [0.29, 0.717) is 6.61 Å². The van der Waals surface area contributed by atoms with E-state index < -0.39 is 0 Å². The van der Waals surface area contributed by atoms with Crippen LogP contribution in [0.3, 0.4) is 0 Å². The van der Waals surface area contributed by atoms with E-state index in [-0.39, 0.29) is 18.0 Å². The topological polar surface area (TPSA) is 50.4 Å². The Kier molecular flexibility index (Phi) is 4.14. The number of ether oxygens (including phenoxy) is 1. The molecule has 1 fully saturated rings. The summed E-state index contributed by atoms with van der Waals surface area (Å²) in [6, 6.07) is 12.4. The molecule has 2 aromatic rings. The second-order valence-electron chi connectivity index (χ2n) is 6.03. The summed E-state index contributed by atoms with van der Waals surface area (Å²) >= 11 is 1.77. The van der Waals surface area contributed by atoms with E-state index in [4.69, 9.17) is 4.74 Å². The molecule has 0 aliphatic carbocycles. The van der Waals surface area contributed by atoms with E-state index in [1.165, 1.54) is 5.39 Å². The van der Waals surface area contributed by atoms with Crippen LogP contribution in [0.5, 0.6) is 5.75 Å². The van der Waals surface area contributed by atoms with Crippen molar-refractivity contribution in [1.29, 1.82) is 0 Å². The van der Waals surface area contributed by atoms with Crippen LogP contribution in [-0.2, 0) is 4.79 Å². The van der Waals surface area contributed by atoms with Gasteiger partial charge in [0.15, 0.2) is 0 Å². The first-order valence-electron chi connectivity index (χ1n) is 8.09. The molecule has 0 bridgehead atoms. The predicted octanol–water partition coefficient (Wildman–Crippen LogP) is 2.83. The van der Waals surface area contributed by atoms with E-state index in [0.717, 1.165) is 41.2 Å². The molecule has 2 aliphatic rings. The molecule has 4 nitrogen and oxygen atoms in total. The summed E-state index contributed by atoms with van der Waals surface area (Å²) < 4.78 is 6.03. The Morgan fingerprint density at radius 3 is 3.04 bits per heavy atom. The summed E-state index contributed by atoms with van der Waals surface area (Å²) in [5.41, 5.74) is 1.10. The second-order valence-corrected chi connectivity index (χ2v) is 7.06. The van der Waals surface area contributed by atoms with E-state index >= 15 is 0 Å². The van der Waals surface area contributed by atoms with Gasteiger partial charge in [0.1, 0.15) is 5.75 Å². The van der Waals surface area contributed by atoms with Crippen molar-refractivity contribution in [3.05, 3.63) is 42.0 Å². The molecule has 2 aromatic carbocycles. The molecule has 1 saturated heterocycles. The van der Waals surface area contributed by atoms with E-state index in [1.54, 1.807) is 11.8 Å². The fourth-order valence-corrected chi connectivity index (χ4v) is 4.24. The van der Waals surface area contributed by atoms with Crippen molar-refractivity contribution in [1.82, 2.24) is 10.6 Å². The van der Waals surface area contributed by atoms with Crippen LogP contribution in [-0.4, -0.2) is 30.2 Å². The molecule has 23 heavy (non-hydrogen) atoms. The van der Waals surface area contributed by atoms with E-state index in [1.807, 2.05) is 12.1 Å². The first kappa shape index (κ1) is 14.8. The lowest BCUT2D eigenvalue weighted by molar-refractivity contribution is -0.123. The third-order valence-corrected chi connectivity index (χ3v) is 5.46. The molecule has 1 amide bonds. The lowest BCUT2D eigenvalue weighted by Gasteiger charge is -2.21. The van der Waals surface area contributed by atoms with Gasteiger partial charge in [-0.05, 0) is 18.2 Å². The zero-order chi connectivity index (χ0) is 15.6. The molecule has 0 spiro atoms. The lowest BCUT2D eigenvalue weighted by atomic mass is 9.97. The monoisotopic (exact) mass is 328 g/mol. The molecule has 5 heteroatoms. The zero-order valence-electron chi connectivity index (χ0n) is 12.9. The third-order valence-electron chi connectivity index (χ3n) is 4.52. The number of thioether (sulfide) groups is 1. The fourth-order valence-electron chi connectivity index (χ4n) is 3.30. The van der Waals surface area contributed by atoms with Crippen molar-refractivity contribution in [2.45, 2.75) is 24.9 Å². The summed E-state index contributed by atoms with van der Waals surface area (Å²) in [5.74, 6) is 2.73. The molecule has 0 radical (unpaired) electrons. The van der Waals surface area contributed by atoms with Crippen molar-refractivity contribution in [3.63, 3.8) is 0 Å². The SMILES string of the molecule is O=C(NC1CCCOc2c1ccc1ccccc21)C1CSCN1. The van der Waals surface area contributed by atoms with Gasteiger partial charge in [-0.15, -0.1) is 11.8 Å². The summed E-state index contributed by atoms with van der Waals surface area (Å²) in [5, 5.41) is 8.76. The van der Waals surface area contributed by atoms with Crippen molar-refractivity contribution in [2.24, 2.45) is 0 Å². The number of carbonyl (C=O) groups excluding carboxylic acids is 1. The Balaban J connectivity index is 1.67. The molecule has 120 valence electrons. The molecular formula is C18H20N2O2S. The third kappa shape index (κ3) is 2.91. The number of carbonyl (C=O) groups is 1. The van der Waals surface area contributed by atoms with E-state index in [9.17, 15) is 4.79 Å². The first-order chi connectivity index (χ1) is 11.3. The molecule has 2 aliphatic heterocycles. The summed E-state index contributed by atoms with van der Waals surface area (Å²) in [6.07, 6.45) is 1.86. The molecule has 0 saturated carbocycles. The van der Waals surface area contributed by atoms with Crippen LogP contribution in [0.1, 0.15) is 24.4 Å². The van der Waals surface area contributed by atoms with Crippen LogP contribution in [0.15, 0.2) is 36.4 Å². The van der Waals surface area contributed by atoms with Gasteiger partial charge in [-0.2, -0.15) is 0 Å². The smallest absolute Gasteiger partial charge is 0.238 e. The van der Waals surface area contributed by atoms with Crippen LogP contribution in [0.4, 0.5) is 0 Å². The first-order valence-corrected chi connectivity index (χ1v) is 9.24. The van der Waals surface area contributed by atoms with Crippen LogP contribution in [0.25, 0.3) is 10.8 Å².